The van der Waals surface area contributed by atoms with Gasteiger partial charge in [-0.2, -0.15) is 0 Å². The van der Waals surface area contributed by atoms with Crippen molar-refractivity contribution >= 4 is 27.2 Å². The fourth-order valence-electron chi connectivity index (χ4n) is 4.19. The second-order valence-corrected chi connectivity index (χ2v) is 8.92. The molecule has 1 aromatic rings. The smallest absolute Gasteiger partial charge is 0.181 e. The summed E-state index contributed by atoms with van der Waals surface area (Å²) in [5.74, 6) is -2.81. The van der Waals surface area contributed by atoms with Crippen molar-refractivity contribution in [2.75, 3.05) is 6.26 Å². The quantitative estimate of drug-likeness (QED) is 0.617. The van der Waals surface area contributed by atoms with Crippen molar-refractivity contribution in [2.45, 2.75) is 38.0 Å². The van der Waals surface area contributed by atoms with Gasteiger partial charge in [0.05, 0.1) is 4.90 Å². The normalized spacial score (nSPS) is 26.7. The predicted octanol–water partition coefficient (Wildman–Crippen LogP) is 2.07. The lowest BCUT2D eigenvalue weighted by Gasteiger charge is -2.25. The molecule has 2 aliphatic rings. The first kappa shape index (κ1) is 17.0. The zero-order valence-corrected chi connectivity index (χ0v) is 14.8. The summed E-state index contributed by atoms with van der Waals surface area (Å²) in [5, 5.41) is 0. The van der Waals surface area contributed by atoms with Crippen LogP contribution in [0.1, 0.15) is 40.7 Å². The number of rotatable bonds is 3. The Kier molecular flexibility index (Phi) is 3.98. The third kappa shape index (κ3) is 2.53. The van der Waals surface area contributed by atoms with E-state index in [4.69, 9.17) is 0 Å². The summed E-state index contributed by atoms with van der Waals surface area (Å²) >= 11 is 0. The predicted molar refractivity (Wildman–Crippen MR) is 87.7 cm³/mol. The fourth-order valence-corrected chi connectivity index (χ4v) is 5.51. The number of Topliss-reactive ketones (excluding diaryl/α,β-unsaturated/α-hetero) is 3. The number of carbonyl (C=O) groups is 3. The fraction of sp³-hybridized carbons (Fsp3) is 0.500. The molecule has 24 heavy (non-hydrogen) atoms. The van der Waals surface area contributed by atoms with Gasteiger partial charge in [0.1, 0.15) is 5.92 Å². The van der Waals surface area contributed by atoms with Crippen molar-refractivity contribution in [2.24, 2.45) is 17.8 Å². The molecule has 6 heteroatoms. The zero-order valence-electron chi connectivity index (χ0n) is 14.0. The third-order valence-electron chi connectivity index (χ3n) is 5.31. The average Bonchev–Trinajstić information content (AvgIpc) is 2.91. The van der Waals surface area contributed by atoms with Crippen molar-refractivity contribution in [1.29, 1.82) is 0 Å². The first-order valence-electron chi connectivity index (χ1n) is 8.05. The Labute approximate surface area is 141 Å². The van der Waals surface area contributed by atoms with Gasteiger partial charge in [-0.25, -0.2) is 8.42 Å². The molecule has 0 heterocycles. The van der Waals surface area contributed by atoms with Crippen molar-refractivity contribution < 1.29 is 22.8 Å². The highest BCUT2D eigenvalue weighted by molar-refractivity contribution is 7.90. The molecular formula is C18H20O5S. The Bertz CT molecular complexity index is 844. The monoisotopic (exact) mass is 348 g/mol. The summed E-state index contributed by atoms with van der Waals surface area (Å²) in [4.78, 5) is 38.0. The summed E-state index contributed by atoms with van der Waals surface area (Å²) in [5.41, 5.74) is 1.03. The molecule has 2 bridgehead atoms. The van der Waals surface area contributed by atoms with E-state index in [-0.39, 0.29) is 33.9 Å². The highest BCUT2D eigenvalue weighted by Gasteiger charge is 2.50. The molecule has 3 rings (SSSR count). The molecule has 2 aliphatic carbocycles. The van der Waals surface area contributed by atoms with Crippen LogP contribution in [0.3, 0.4) is 0 Å². The van der Waals surface area contributed by atoms with E-state index in [0.717, 1.165) is 6.26 Å². The van der Waals surface area contributed by atoms with Gasteiger partial charge in [-0.3, -0.25) is 14.4 Å². The zero-order chi connectivity index (χ0) is 17.8. The minimum absolute atomic E-state index is 0.104. The molecule has 0 saturated heterocycles. The van der Waals surface area contributed by atoms with E-state index in [1.807, 2.05) is 0 Å². The highest BCUT2D eigenvalue weighted by atomic mass is 32.2. The van der Waals surface area contributed by atoms with Crippen LogP contribution in [0.4, 0.5) is 0 Å². The first-order valence-corrected chi connectivity index (χ1v) is 9.94. The highest BCUT2D eigenvalue weighted by Crippen LogP contribution is 2.41. The van der Waals surface area contributed by atoms with Crippen molar-refractivity contribution in [3.05, 3.63) is 28.8 Å². The summed E-state index contributed by atoms with van der Waals surface area (Å²) in [6.07, 6.45) is 2.98. The van der Waals surface area contributed by atoms with E-state index in [9.17, 15) is 22.8 Å². The van der Waals surface area contributed by atoms with Crippen LogP contribution in [-0.2, 0) is 19.4 Å². The topological polar surface area (TPSA) is 85.3 Å². The molecule has 2 unspecified atom stereocenters. The van der Waals surface area contributed by atoms with E-state index in [2.05, 4.69) is 0 Å². The van der Waals surface area contributed by atoms with E-state index >= 15 is 0 Å². The standard InChI is InChI=1S/C18H20O5S/c1-9-4-7-13(10(2)18(9)24(3,22)23)17(21)14-15(19)11-5-6-12(8-11)16(14)20/h4,7,11-12,14H,5-6,8H2,1-3H3. The molecule has 0 amide bonds. The Morgan fingerprint density at radius 2 is 1.58 bits per heavy atom. The number of sulfone groups is 1. The number of aryl methyl sites for hydroxylation is 1. The van der Waals surface area contributed by atoms with Crippen LogP contribution in [0, 0.1) is 31.6 Å². The number of benzene rings is 1. The molecule has 1 aromatic carbocycles. The third-order valence-corrected chi connectivity index (χ3v) is 6.68. The summed E-state index contributed by atoms with van der Waals surface area (Å²) in [6, 6.07) is 3.09. The van der Waals surface area contributed by atoms with Crippen molar-refractivity contribution in [1.82, 2.24) is 0 Å². The largest absolute Gasteiger partial charge is 0.298 e. The second kappa shape index (κ2) is 5.62. The van der Waals surface area contributed by atoms with Crippen molar-refractivity contribution in [3.8, 4) is 0 Å². The molecule has 0 aromatic heterocycles. The summed E-state index contributed by atoms with van der Waals surface area (Å²) in [6.45, 7) is 3.22. The van der Waals surface area contributed by atoms with Crippen LogP contribution in [0.5, 0.6) is 0 Å². The molecule has 2 atom stereocenters. The Balaban J connectivity index is 2.08. The summed E-state index contributed by atoms with van der Waals surface area (Å²) < 4.78 is 24.0. The van der Waals surface area contributed by atoms with Crippen LogP contribution in [-0.4, -0.2) is 32.0 Å². The van der Waals surface area contributed by atoms with Crippen molar-refractivity contribution in [3.63, 3.8) is 0 Å². The molecule has 2 fully saturated rings. The summed E-state index contributed by atoms with van der Waals surface area (Å²) in [7, 11) is -3.51. The average molecular weight is 348 g/mol. The van der Waals surface area contributed by atoms with Crippen LogP contribution in [0.15, 0.2) is 17.0 Å². The molecule has 5 nitrogen and oxygen atoms in total. The maximum Gasteiger partial charge on any atom is 0.181 e. The van der Waals surface area contributed by atoms with E-state index in [1.165, 1.54) is 6.07 Å². The Hall–Kier alpha value is -1.82. The van der Waals surface area contributed by atoms with Gasteiger partial charge in [0.15, 0.2) is 27.2 Å². The molecule has 0 N–H and O–H groups in total. The molecule has 0 aliphatic heterocycles. The minimum atomic E-state index is -3.51. The lowest BCUT2D eigenvalue weighted by molar-refractivity contribution is -0.137. The number of hydrogen-bond acceptors (Lipinski definition) is 5. The minimum Gasteiger partial charge on any atom is -0.298 e. The van der Waals surface area contributed by atoms with Gasteiger partial charge in [0.2, 0.25) is 0 Å². The maximum atomic E-state index is 12.9. The maximum absolute atomic E-state index is 12.9. The van der Waals surface area contributed by atoms with Gasteiger partial charge >= 0.3 is 0 Å². The van der Waals surface area contributed by atoms with E-state index in [1.54, 1.807) is 19.9 Å². The number of fused-ring (bicyclic) bond motifs is 2. The molecule has 0 radical (unpaired) electrons. The Morgan fingerprint density at radius 3 is 2.08 bits per heavy atom. The SMILES string of the molecule is Cc1ccc(C(=O)C2C(=O)C3CCC(C3)C2=O)c(C)c1S(C)(=O)=O. The second-order valence-electron chi connectivity index (χ2n) is 6.97. The van der Waals surface area contributed by atoms with Crippen LogP contribution < -0.4 is 0 Å². The van der Waals surface area contributed by atoms with Gasteiger partial charge < -0.3 is 0 Å². The van der Waals surface area contributed by atoms with Gasteiger partial charge in [-0.15, -0.1) is 0 Å². The lowest BCUT2D eigenvalue weighted by atomic mass is 9.75. The van der Waals surface area contributed by atoms with Gasteiger partial charge in [0, 0.05) is 23.7 Å². The Morgan fingerprint density at radius 1 is 1.04 bits per heavy atom. The van der Waals surface area contributed by atoms with Gasteiger partial charge in [-0.1, -0.05) is 12.1 Å². The van der Waals surface area contributed by atoms with Crippen LogP contribution in [0.25, 0.3) is 0 Å². The number of hydrogen-bond donors (Lipinski definition) is 0. The molecule has 2 saturated carbocycles. The van der Waals surface area contributed by atoms with E-state index in [0.29, 0.717) is 30.4 Å². The van der Waals surface area contributed by atoms with Crippen LogP contribution >= 0.6 is 0 Å². The number of carbonyl (C=O) groups excluding carboxylic acids is 3. The first-order chi connectivity index (χ1) is 11.1. The van der Waals surface area contributed by atoms with Gasteiger partial charge in [0.25, 0.3) is 0 Å². The molecule has 0 spiro atoms. The van der Waals surface area contributed by atoms with E-state index < -0.39 is 21.5 Å². The molecule has 128 valence electrons. The molecular weight excluding hydrogens is 328 g/mol. The lowest BCUT2D eigenvalue weighted by Crippen LogP contribution is -2.41. The van der Waals surface area contributed by atoms with Gasteiger partial charge in [-0.05, 0) is 44.2 Å². The number of ketones is 3. The van der Waals surface area contributed by atoms with Crippen LogP contribution in [0.2, 0.25) is 0 Å².